The normalized spacial score (nSPS) is 12.2. The molecular formula is C20H21N3O2. The summed E-state index contributed by atoms with van der Waals surface area (Å²) in [7, 11) is 0. The van der Waals surface area contributed by atoms with E-state index in [-0.39, 0.29) is 17.9 Å². The predicted molar refractivity (Wildman–Crippen MR) is 96.0 cm³/mol. The molecule has 1 N–H and O–H groups in total. The van der Waals surface area contributed by atoms with Crippen LogP contribution in [0, 0.1) is 12.8 Å². The van der Waals surface area contributed by atoms with Crippen molar-refractivity contribution in [3.8, 4) is 11.4 Å². The predicted octanol–water partition coefficient (Wildman–Crippen LogP) is 4.17. The molecule has 1 aromatic heterocycles. The minimum absolute atomic E-state index is 0.110. The highest BCUT2D eigenvalue weighted by Crippen LogP contribution is 2.24. The molecule has 0 unspecified atom stereocenters. The van der Waals surface area contributed by atoms with Gasteiger partial charge in [-0.15, -0.1) is 0 Å². The van der Waals surface area contributed by atoms with Gasteiger partial charge in [-0.1, -0.05) is 67.0 Å². The molecule has 25 heavy (non-hydrogen) atoms. The molecule has 1 atom stereocenters. The molecule has 0 aliphatic rings. The summed E-state index contributed by atoms with van der Waals surface area (Å²) in [5.41, 5.74) is 2.66. The number of carbonyl (C=O) groups excluding carboxylic acids is 1. The first kappa shape index (κ1) is 16.9. The zero-order valence-electron chi connectivity index (χ0n) is 14.6. The number of aromatic nitrogens is 2. The van der Waals surface area contributed by atoms with E-state index in [4.69, 9.17) is 4.52 Å². The van der Waals surface area contributed by atoms with Gasteiger partial charge in [0.1, 0.15) is 6.04 Å². The van der Waals surface area contributed by atoms with Gasteiger partial charge in [0.05, 0.1) is 0 Å². The molecule has 0 aliphatic heterocycles. The van der Waals surface area contributed by atoms with Crippen LogP contribution in [0.5, 0.6) is 0 Å². The fraction of sp³-hybridized carbons (Fsp3) is 0.250. The third kappa shape index (κ3) is 3.94. The lowest BCUT2D eigenvalue weighted by Crippen LogP contribution is -2.32. The Bertz CT molecular complexity index is 839. The zero-order chi connectivity index (χ0) is 17.8. The summed E-state index contributed by atoms with van der Waals surface area (Å²) in [6.07, 6.45) is 0. The Kier molecular flexibility index (Phi) is 4.93. The minimum atomic E-state index is -0.348. The summed E-state index contributed by atoms with van der Waals surface area (Å²) in [6.45, 7) is 6.04. The SMILES string of the molecule is Cc1ccc(-c2noc([C@@H](NC(=O)c3ccccc3)C(C)C)n2)cc1. The topological polar surface area (TPSA) is 68.0 Å². The van der Waals surface area contributed by atoms with Crippen molar-refractivity contribution in [3.63, 3.8) is 0 Å². The second-order valence-electron chi connectivity index (χ2n) is 6.38. The van der Waals surface area contributed by atoms with Crippen LogP contribution in [0.2, 0.25) is 0 Å². The Labute approximate surface area is 147 Å². The Hall–Kier alpha value is -2.95. The van der Waals surface area contributed by atoms with E-state index in [1.807, 2.05) is 63.2 Å². The van der Waals surface area contributed by atoms with E-state index in [9.17, 15) is 4.79 Å². The summed E-state index contributed by atoms with van der Waals surface area (Å²) >= 11 is 0. The van der Waals surface area contributed by atoms with Crippen LogP contribution in [0.4, 0.5) is 0 Å². The van der Waals surface area contributed by atoms with E-state index in [2.05, 4.69) is 15.5 Å². The van der Waals surface area contributed by atoms with Gasteiger partial charge in [-0.25, -0.2) is 0 Å². The molecular weight excluding hydrogens is 314 g/mol. The van der Waals surface area contributed by atoms with Gasteiger partial charge >= 0.3 is 0 Å². The number of nitrogens with zero attached hydrogens (tertiary/aromatic N) is 2. The maximum absolute atomic E-state index is 12.4. The molecule has 128 valence electrons. The van der Waals surface area contributed by atoms with E-state index in [0.29, 0.717) is 17.3 Å². The lowest BCUT2D eigenvalue weighted by atomic mass is 10.0. The number of rotatable bonds is 5. The van der Waals surface area contributed by atoms with Gasteiger partial charge < -0.3 is 9.84 Å². The van der Waals surface area contributed by atoms with Crippen molar-refractivity contribution < 1.29 is 9.32 Å². The smallest absolute Gasteiger partial charge is 0.251 e. The van der Waals surface area contributed by atoms with Gasteiger partial charge in [-0.3, -0.25) is 4.79 Å². The van der Waals surface area contributed by atoms with Crippen molar-refractivity contribution in [2.24, 2.45) is 5.92 Å². The van der Waals surface area contributed by atoms with E-state index >= 15 is 0 Å². The summed E-state index contributed by atoms with van der Waals surface area (Å²) in [6, 6.07) is 16.7. The van der Waals surface area contributed by atoms with Gasteiger partial charge in [-0.05, 0) is 25.0 Å². The van der Waals surface area contributed by atoms with Crippen LogP contribution >= 0.6 is 0 Å². The molecule has 0 spiro atoms. The number of carbonyl (C=O) groups is 1. The van der Waals surface area contributed by atoms with E-state index in [1.54, 1.807) is 12.1 Å². The van der Waals surface area contributed by atoms with Crippen molar-refractivity contribution in [2.75, 3.05) is 0 Å². The number of nitrogens with one attached hydrogen (secondary N) is 1. The second-order valence-corrected chi connectivity index (χ2v) is 6.38. The van der Waals surface area contributed by atoms with Crippen LogP contribution in [-0.4, -0.2) is 16.0 Å². The van der Waals surface area contributed by atoms with Crippen LogP contribution < -0.4 is 5.32 Å². The third-order valence-electron chi connectivity index (χ3n) is 4.01. The van der Waals surface area contributed by atoms with Gasteiger partial charge in [-0.2, -0.15) is 4.98 Å². The number of aryl methyl sites for hydroxylation is 1. The Morgan fingerprint density at radius 2 is 1.72 bits per heavy atom. The molecule has 2 aromatic carbocycles. The fourth-order valence-electron chi connectivity index (χ4n) is 2.51. The second kappa shape index (κ2) is 7.30. The van der Waals surface area contributed by atoms with Crippen molar-refractivity contribution in [3.05, 3.63) is 71.6 Å². The monoisotopic (exact) mass is 335 g/mol. The van der Waals surface area contributed by atoms with Crippen LogP contribution in [0.25, 0.3) is 11.4 Å². The molecule has 0 bridgehead atoms. The molecule has 0 aliphatic carbocycles. The van der Waals surface area contributed by atoms with Gasteiger partial charge in [0.25, 0.3) is 5.91 Å². The standard InChI is InChI=1S/C20H21N3O2/c1-13(2)17(21-19(24)16-7-5-4-6-8-16)20-22-18(23-25-20)15-11-9-14(3)10-12-15/h4-13,17H,1-3H3,(H,21,24)/t17-/m0/s1. The van der Waals surface area contributed by atoms with Crippen LogP contribution in [0.1, 0.15) is 41.7 Å². The van der Waals surface area contributed by atoms with E-state index < -0.39 is 0 Å². The third-order valence-corrected chi connectivity index (χ3v) is 4.01. The number of hydrogen-bond acceptors (Lipinski definition) is 4. The van der Waals surface area contributed by atoms with E-state index in [1.165, 1.54) is 5.56 Å². The minimum Gasteiger partial charge on any atom is -0.340 e. The van der Waals surface area contributed by atoms with Gasteiger partial charge in [0, 0.05) is 11.1 Å². The zero-order valence-corrected chi connectivity index (χ0v) is 14.6. The summed E-state index contributed by atoms with van der Waals surface area (Å²) in [4.78, 5) is 16.9. The fourth-order valence-corrected chi connectivity index (χ4v) is 2.51. The average molecular weight is 335 g/mol. The van der Waals surface area contributed by atoms with Crippen molar-refractivity contribution in [1.29, 1.82) is 0 Å². The maximum Gasteiger partial charge on any atom is 0.251 e. The quantitative estimate of drug-likeness (QED) is 0.760. The maximum atomic E-state index is 12.4. The first-order valence-corrected chi connectivity index (χ1v) is 8.31. The number of hydrogen-bond donors (Lipinski definition) is 1. The summed E-state index contributed by atoms with van der Waals surface area (Å²) < 4.78 is 5.43. The summed E-state index contributed by atoms with van der Waals surface area (Å²) in [5, 5.41) is 7.05. The molecule has 3 aromatic rings. The Morgan fingerprint density at radius 3 is 2.36 bits per heavy atom. The molecule has 5 nitrogen and oxygen atoms in total. The van der Waals surface area contributed by atoms with Gasteiger partial charge in [0.2, 0.25) is 11.7 Å². The van der Waals surface area contributed by atoms with Crippen LogP contribution in [-0.2, 0) is 0 Å². The first-order valence-electron chi connectivity index (χ1n) is 8.31. The van der Waals surface area contributed by atoms with E-state index in [0.717, 1.165) is 5.56 Å². The molecule has 0 fully saturated rings. The number of benzene rings is 2. The molecule has 0 saturated carbocycles. The van der Waals surface area contributed by atoms with Gasteiger partial charge in [0.15, 0.2) is 0 Å². The lowest BCUT2D eigenvalue weighted by Gasteiger charge is -2.18. The number of amides is 1. The summed E-state index contributed by atoms with van der Waals surface area (Å²) in [5.74, 6) is 0.887. The van der Waals surface area contributed by atoms with Crippen LogP contribution in [0.3, 0.4) is 0 Å². The van der Waals surface area contributed by atoms with Crippen LogP contribution in [0.15, 0.2) is 59.1 Å². The van der Waals surface area contributed by atoms with Crippen molar-refractivity contribution >= 4 is 5.91 Å². The molecule has 5 heteroatoms. The van der Waals surface area contributed by atoms with Crippen molar-refractivity contribution in [1.82, 2.24) is 15.5 Å². The lowest BCUT2D eigenvalue weighted by molar-refractivity contribution is 0.0914. The molecule has 3 rings (SSSR count). The Morgan fingerprint density at radius 1 is 1.04 bits per heavy atom. The molecule has 0 radical (unpaired) electrons. The highest BCUT2D eigenvalue weighted by molar-refractivity contribution is 5.94. The van der Waals surface area contributed by atoms with Crippen molar-refractivity contribution in [2.45, 2.75) is 26.8 Å². The highest BCUT2D eigenvalue weighted by atomic mass is 16.5. The molecule has 0 saturated heterocycles. The first-order chi connectivity index (χ1) is 12.0. The molecule has 1 amide bonds. The molecule has 1 heterocycles. The average Bonchev–Trinajstić information content (AvgIpc) is 3.10. The highest BCUT2D eigenvalue weighted by Gasteiger charge is 2.25. The largest absolute Gasteiger partial charge is 0.340 e. The Balaban J connectivity index is 1.82.